The minimum absolute atomic E-state index is 0. The van der Waals surface area contributed by atoms with E-state index in [1.54, 1.807) is 0 Å². The van der Waals surface area contributed by atoms with Gasteiger partial charge in [0, 0.05) is 21.7 Å². The van der Waals surface area contributed by atoms with Crippen molar-refractivity contribution in [2.24, 2.45) is 0 Å². The van der Waals surface area contributed by atoms with Crippen molar-refractivity contribution in [3.63, 3.8) is 0 Å². The molecule has 0 rings (SSSR count). The van der Waals surface area contributed by atoms with E-state index in [1.807, 2.05) is 0 Å². The third kappa shape index (κ3) is 1150. The molecule has 0 atom stereocenters. The molecule has 0 radical (unpaired) electrons. The third-order valence-electron chi connectivity index (χ3n) is 0. The van der Waals surface area contributed by atoms with Crippen LogP contribution in [0.1, 0.15) is 0 Å². The summed E-state index contributed by atoms with van der Waals surface area (Å²) in [5, 5.41) is 0. The Labute approximate surface area is 71.2 Å². The first-order chi connectivity index (χ1) is 2.00. The molecule has 0 aromatic rings. The molecule has 10 heavy (non-hydrogen) atoms. The van der Waals surface area contributed by atoms with E-state index < -0.39 is 7.82 Å². The van der Waals surface area contributed by atoms with Gasteiger partial charge in [-0.1, -0.05) is 0 Å². The Bertz CT molecular complexity index is 55.4. The molecule has 0 aromatic carbocycles. The van der Waals surface area contributed by atoms with Crippen LogP contribution in [0.4, 0.5) is 0 Å². The van der Waals surface area contributed by atoms with Crippen LogP contribution in [0.15, 0.2) is 0 Å². The topological polar surface area (TPSA) is 204 Å². The second-order valence-electron chi connectivity index (χ2n) is 0.513. The Balaban J connectivity index is -0.00000000800. The molecule has 0 fully saturated rings. The van der Waals surface area contributed by atoms with Crippen LogP contribution in [0, 0.1) is 0 Å². The van der Waals surface area contributed by atoms with Crippen LogP contribution in [-0.4, -0.2) is 36.6 Å². The van der Waals surface area contributed by atoms with Gasteiger partial charge in [0.25, 0.3) is 0 Å². The van der Waals surface area contributed by atoms with E-state index in [-0.39, 0.29) is 43.6 Å². The number of phosphoric acid groups is 1. The molecule has 0 heterocycles. The molecule has 10 heteroatoms. The molecule has 0 aliphatic rings. The summed E-state index contributed by atoms with van der Waals surface area (Å²) in [6, 6.07) is 0. The van der Waals surface area contributed by atoms with Gasteiger partial charge in [0.15, 0.2) is 0 Å². The minimum atomic E-state index is -4.64. The average molecular weight is 218 g/mol. The fourth-order valence-electron chi connectivity index (χ4n) is 0. The Morgan fingerprint density at radius 3 is 0.800 bits per heavy atom. The van der Waals surface area contributed by atoms with Gasteiger partial charge in [0.1, 0.15) is 0 Å². The van der Waals surface area contributed by atoms with Gasteiger partial charge < -0.3 is 36.6 Å². The molecule has 68 valence electrons. The average Bonchev–Trinajstić information content (AvgIpc) is 0.722. The molecule has 0 bridgehead atoms. The van der Waals surface area contributed by atoms with Gasteiger partial charge in [-0.15, -0.1) is 0 Å². The summed E-state index contributed by atoms with van der Waals surface area (Å²) in [5.41, 5.74) is 0. The minimum Gasteiger partial charge on any atom is -0.412 e. The Kier molecular flexibility index (Phi) is 74.8. The largest absolute Gasteiger partial charge is 0.466 e. The van der Waals surface area contributed by atoms with E-state index in [2.05, 4.69) is 0 Å². The Morgan fingerprint density at radius 1 is 0.800 bits per heavy atom. The van der Waals surface area contributed by atoms with Gasteiger partial charge in [-0.05, 0) is 0 Å². The van der Waals surface area contributed by atoms with Crippen molar-refractivity contribution in [3.8, 4) is 0 Å². The van der Waals surface area contributed by atoms with Gasteiger partial charge in [0.05, 0.1) is 0 Å². The summed E-state index contributed by atoms with van der Waals surface area (Å²) in [7, 11) is -4.64. The maximum absolute atomic E-state index is 8.88. The van der Waals surface area contributed by atoms with Gasteiger partial charge in [-0.25, -0.2) is 4.57 Å². The predicted octanol–water partition coefficient (Wildman–Crippen LogP) is -4.23. The summed E-state index contributed by atoms with van der Waals surface area (Å²) >= 11 is 0. The van der Waals surface area contributed by atoms with Crippen molar-refractivity contribution in [3.05, 3.63) is 0 Å². The fraction of sp³-hybridized carbons (Fsp3) is 0. The van der Waals surface area contributed by atoms with E-state index >= 15 is 0 Å². The van der Waals surface area contributed by atoms with E-state index in [0.29, 0.717) is 0 Å². The van der Waals surface area contributed by atoms with E-state index in [0.717, 1.165) is 0 Å². The van der Waals surface area contributed by atoms with E-state index in [1.165, 1.54) is 0 Å². The number of hydrogen-bond acceptors (Lipinski definition) is 1. The third-order valence-corrected chi connectivity index (χ3v) is 0. The molecule has 0 saturated carbocycles. The second kappa shape index (κ2) is 16.3. The van der Waals surface area contributed by atoms with Crippen molar-refractivity contribution >= 4 is 7.82 Å². The Hall–Kier alpha value is 0.664. The van der Waals surface area contributed by atoms with Crippen LogP contribution in [0.2, 0.25) is 0 Å². The first kappa shape index (κ1) is 45.8. The standard InChI is InChI=1S/H3O4P.4H2O.Ti/c1-5(2,3)4;;;;;/h(H3,1,2,3,4);4*1H2;. The molecular formula is H11O8PTi. The quantitative estimate of drug-likeness (QED) is 0.272. The molecule has 0 spiro atoms. The molecule has 0 saturated heterocycles. The zero-order valence-corrected chi connectivity index (χ0v) is 7.15. The first-order valence-corrected chi connectivity index (χ1v) is 2.35. The molecule has 0 aromatic heterocycles. The predicted molar refractivity (Wildman–Crippen MR) is 28.7 cm³/mol. The monoisotopic (exact) mass is 218 g/mol. The smallest absolute Gasteiger partial charge is 0.412 e. The number of rotatable bonds is 0. The molecule has 0 aliphatic carbocycles. The molecule has 8 nitrogen and oxygen atoms in total. The SMILES string of the molecule is O.O.O.O.O=P(O)(O)O.[Ti]. The van der Waals surface area contributed by atoms with Crippen molar-refractivity contribution in [1.82, 2.24) is 0 Å². The zero-order chi connectivity index (χ0) is 4.50. The molecular weight excluding hydrogens is 207 g/mol. The fourth-order valence-corrected chi connectivity index (χ4v) is 0. The first-order valence-electron chi connectivity index (χ1n) is 0.783. The molecule has 0 unspecified atom stereocenters. The van der Waals surface area contributed by atoms with Gasteiger partial charge in [-0.2, -0.15) is 0 Å². The van der Waals surface area contributed by atoms with Crippen LogP contribution in [0.5, 0.6) is 0 Å². The van der Waals surface area contributed by atoms with Crippen LogP contribution < -0.4 is 0 Å². The summed E-state index contributed by atoms with van der Waals surface area (Å²) in [6.45, 7) is 0. The van der Waals surface area contributed by atoms with E-state index in [4.69, 9.17) is 19.2 Å². The van der Waals surface area contributed by atoms with Crippen LogP contribution in [-0.2, 0) is 26.3 Å². The van der Waals surface area contributed by atoms with Crippen molar-refractivity contribution in [1.29, 1.82) is 0 Å². The Morgan fingerprint density at radius 2 is 0.800 bits per heavy atom. The van der Waals surface area contributed by atoms with Crippen LogP contribution in [0.25, 0.3) is 0 Å². The second-order valence-corrected chi connectivity index (χ2v) is 1.54. The van der Waals surface area contributed by atoms with Gasteiger partial charge in [-0.3, -0.25) is 0 Å². The number of hydrogen-bond donors (Lipinski definition) is 3. The maximum atomic E-state index is 8.88. The summed E-state index contributed by atoms with van der Waals surface area (Å²) in [5.74, 6) is 0. The normalized spacial score (nSPS) is 5.90. The summed E-state index contributed by atoms with van der Waals surface area (Å²) < 4.78 is 8.88. The molecule has 0 amide bonds. The van der Waals surface area contributed by atoms with Gasteiger partial charge in [0.2, 0.25) is 0 Å². The van der Waals surface area contributed by atoms with Crippen LogP contribution >= 0.6 is 7.82 Å². The molecule has 0 aliphatic heterocycles. The van der Waals surface area contributed by atoms with Crippen LogP contribution in [0.3, 0.4) is 0 Å². The van der Waals surface area contributed by atoms with Crippen molar-refractivity contribution in [2.75, 3.05) is 0 Å². The van der Waals surface area contributed by atoms with Crippen molar-refractivity contribution < 1.29 is 62.9 Å². The van der Waals surface area contributed by atoms with Crippen molar-refractivity contribution in [2.45, 2.75) is 0 Å². The van der Waals surface area contributed by atoms with E-state index in [9.17, 15) is 0 Å². The zero-order valence-electron chi connectivity index (χ0n) is 4.70. The van der Waals surface area contributed by atoms with Gasteiger partial charge >= 0.3 is 7.82 Å². The summed E-state index contributed by atoms with van der Waals surface area (Å²) in [4.78, 5) is 21.6. The summed E-state index contributed by atoms with van der Waals surface area (Å²) in [6.07, 6.45) is 0. The molecule has 11 N–H and O–H groups in total. The maximum Gasteiger partial charge on any atom is 0.466 e.